The molecule has 0 aromatic carbocycles. The Balaban J connectivity index is 1.98. The fourth-order valence-electron chi connectivity index (χ4n) is 2.44. The molecule has 1 fully saturated rings. The lowest BCUT2D eigenvalue weighted by atomic mass is 10.00. The molecule has 3 heterocycles. The molecule has 1 aliphatic rings. The Morgan fingerprint density at radius 3 is 2.76 bits per heavy atom. The first-order valence-corrected chi connectivity index (χ1v) is 7.92. The minimum absolute atomic E-state index is 0.0574. The van der Waals surface area contributed by atoms with Gasteiger partial charge in [0.25, 0.3) is 0 Å². The number of carboxylic acids is 1. The van der Waals surface area contributed by atoms with Crippen LogP contribution in [0.2, 0.25) is 0 Å². The molecular formula is C15H17N3O2S. The van der Waals surface area contributed by atoms with Gasteiger partial charge in [-0.25, -0.2) is 14.8 Å². The van der Waals surface area contributed by atoms with E-state index in [-0.39, 0.29) is 5.69 Å². The average molecular weight is 303 g/mol. The molecule has 6 heteroatoms. The summed E-state index contributed by atoms with van der Waals surface area (Å²) >= 11 is 1.55. The highest BCUT2D eigenvalue weighted by Crippen LogP contribution is 2.27. The lowest BCUT2D eigenvalue weighted by Crippen LogP contribution is -2.34. The van der Waals surface area contributed by atoms with Crippen LogP contribution in [0.25, 0.3) is 10.6 Å². The van der Waals surface area contributed by atoms with Crippen LogP contribution in [0.15, 0.2) is 23.6 Å². The van der Waals surface area contributed by atoms with Gasteiger partial charge in [-0.15, -0.1) is 11.3 Å². The van der Waals surface area contributed by atoms with Crippen LogP contribution in [0, 0.1) is 5.92 Å². The molecule has 0 bridgehead atoms. The van der Waals surface area contributed by atoms with Crippen molar-refractivity contribution in [1.29, 1.82) is 0 Å². The largest absolute Gasteiger partial charge is 0.477 e. The summed E-state index contributed by atoms with van der Waals surface area (Å²) in [6, 6.07) is 5.43. The molecule has 0 saturated carbocycles. The second-order valence-electron chi connectivity index (χ2n) is 5.39. The summed E-state index contributed by atoms with van der Waals surface area (Å²) in [6.45, 7) is 4.01. The molecule has 0 spiro atoms. The van der Waals surface area contributed by atoms with E-state index in [2.05, 4.69) is 21.8 Å². The molecule has 0 atom stereocenters. The summed E-state index contributed by atoms with van der Waals surface area (Å²) < 4.78 is 0. The number of hydrogen-bond acceptors (Lipinski definition) is 5. The SMILES string of the molecule is CC1CCN(c2nc(C(=O)O)cc(-c3cccs3)n2)CC1. The summed E-state index contributed by atoms with van der Waals surface area (Å²) in [4.78, 5) is 23.1. The maximum atomic E-state index is 11.3. The van der Waals surface area contributed by atoms with E-state index in [0.717, 1.165) is 30.8 Å². The number of aromatic carboxylic acids is 1. The highest BCUT2D eigenvalue weighted by atomic mass is 32.1. The van der Waals surface area contributed by atoms with Crippen LogP contribution in [0.4, 0.5) is 5.95 Å². The molecule has 5 nitrogen and oxygen atoms in total. The van der Waals surface area contributed by atoms with Gasteiger partial charge in [0.15, 0.2) is 5.69 Å². The fraction of sp³-hybridized carbons (Fsp3) is 0.400. The minimum atomic E-state index is -1.01. The molecule has 0 radical (unpaired) electrons. The van der Waals surface area contributed by atoms with Gasteiger partial charge in [-0.2, -0.15) is 0 Å². The normalized spacial score (nSPS) is 16.1. The second-order valence-corrected chi connectivity index (χ2v) is 6.34. The third-order valence-corrected chi connectivity index (χ3v) is 4.67. The topological polar surface area (TPSA) is 66.3 Å². The van der Waals surface area contributed by atoms with Gasteiger partial charge < -0.3 is 10.0 Å². The maximum absolute atomic E-state index is 11.3. The Morgan fingerprint density at radius 1 is 1.38 bits per heavy atom. The number of carbonyl (C=O) groups is 1. The Kier molecular flexibility index (Phi) is 3.88. The van der Waals surface area contributed by atoms with Gasteiger partial charge in [0, 0.05) is 13.1 Å². The number of piperidine rings is 1. The van der Waals surface area contributed by atoms with Crippen molar-refractivity contribution < 1.29 is 9.90 Å². The van der Waals surface area contributed by atoms with E-state index < -0.39 is 5.97 Å². The summed E-state index contributed by atoms with van der Waals surface area (Å²) in [7, 11) is 0. The molecule has 2 aromatic rings. The zero-order valence-electron chi connectivity index (χ0n) is 11.8. The van der Waals surface area contributed by atoms with Crippen molar-refractivity contribution in [2.75, 3.05) is 18.0 Å². The third kappa shape index (κ3) is 3.05. The van der Waals surface area contributed by atoms with Gasteiger partial charge in [-0.05, 0) is 36.3 Å². The van der Waals surface area contributed by atoms with Crippen LogP contribution in [0.1, 0.15) is 30.3 Å². The van der Waals surface area contributed by atoms with Crippen LogP contribution in [-0.2, 0) is 0 Å². The monoisotopic (exact) mass is 303 g/mol. The number of rotatable bonds is 3. The Morgan fingerprint density at radius 2 is 2.14 bits per heavy atom. The van der Waals surface area contributed by atoms with E-state index in [9.17, 15) is 9.90 Å². The van der Waals surface area contributed by atoms with Crippen molar-refractivity contribution in [2.45, 2.75) is 19.8 Å². The van der Waals surface area contributed by atoms with Gasteiger partial charge in [0.05, 0.1) is 10.6 Å². The quantitative estimate of drug-likeness (QED) is 0.943. The Bertz CT molecular complexity index is 634. The molecule has 1 saturated heterocycles. The first-order valence-electron chi connectivity index (χ1n) is 7.04. The Labute approximate surface area is 127 Å². The highest BCUT2D eigenvalue weighted by Gasteiger charge is 2.20. The molecule has 1 aliphatic heterocycles. The third-order valence-electron chi connectivity index (χ3n) is 3.77. The number of aromatic nitrogens is 2. The lowest BCUT2D eigenvalue weighted by molar-refractivity contribution is 0.0690. The first-order chi connectivity index (χ1) is 10.1. The molecule has 0 unspecified atom stereocenters. The average Bonchev–Trinajstić information content (AvgIpc) is 3.02. The molecule has 1 N–H and O–H groups in total. The molecule has 110 valence electrons. The zero-order valence-corrected chi connectivity index (χ0v) is 12.6. The predicted molar refractivity (Wildman–Crippen MR) is 82.9 cm³/mol. The molecule has 0 aliphatic carbocycles. The molecular weight excluding hydrogens is 286 g/mol. The van der Waals surface area contributed by atoms with Crippen molar-refractivity contribution in [3.63, 3.8) is 0 Å². The summed E-state index contributed by atoms with van der Waals surface area (Å²) in [5, 5.41) is 11.2. The van der Waals surface area contributed by atoms with Crippen LogP contribution in [-0.4, -0.2) is 34.1 Å². The Hall–Kier alpha value is -1.95. The van der Waals surface area contributed by atoms with Gasteiger partial charge in [-0.3, -0.25) is 0 Å². The van der Waals surface area contributed by atoms with E-state index in [4.69, 9.17) is 0 Å². The number of nitrogens with zero attached hydrogens (tertiary/aromatic N) is 3. The number of thiophene rings is 1. The number of hydrogen-bond donors (Lipinski definition) is 1. The van der Waals surface area contributed by atoms with Crippen LogP contribution in [0.3, 0.4) is 0 Å². The van der Waals surface area contributed by atoms with E-state index in [1.54, 1.807) is 17.4 Å². The molecule has 0 amide bonds. The summed E-state index contributed by atoms with van der Waals surface area (Å²) in [5.41, 5.74) is 0.744. The van der Waals surface area contributed by atoms with Gasteiger partial charge >= 0.3 is 5.97 Å². The van der Waals surface area contributed by atoms with E-state index in [0.29, 0.717) is 17.6 Å². The first kappa shape index (κ1) is 14.0. The fourth-order valence-corrected chi connectivity index (χ4v) is 3.13. The van der Waals surface area contributed by atoms with Crippen molar-refractivity contribution in [2.24, 2.45) is 5.92 Å². The molecule has 3 rings (SSSR count). The van der Waals surface area contributed by atoms with Crippen molar-refractivity contribution in [3.8, 4) is 10.6 Å². The number of anilines is 1. The van der Waals surface area contributed by atoms with E-state index in [1.165, 1.54) is 0 Å². The van der Waals surface area contributed by atoms with Crippen molar-refractivity contribution in [1.82, 2.24) is 9.97 Å². The summed E-state index contributed by atoms with van der Waals surface area (Å²) in [5.74, 6) is 0.229. The predicted octanol–water partition coefficient (Wildman–Crippen LogP) is 3.14. The number of carboxylic acid groups (broad SMARTS) is 1. The van der Waals surface area contributed by atoms with E-state index in [1.807, 2.05) is 17.5 Å². The van der Waals surface area contributed by atoms with Crippen molar-refractivity contribution in [3.05, 3.63) is 29.3 Å². The summed E-state index contributed by atoms with van der Waals surface area (Å²) in [6.07, 6.45) is 2.18. The van der Waals surface area contributed by atoms with Crippen LogP contribution >= 0.6 is 11.3 Å². The lowest BCUT2D eigenvalue weighted by Gasteiger charge is -2.30. The van der Waals surface area contributed by atoms with Crippen LogP contribution < -0.4 is 4.90 Å². The highest BCUT2D eigenvalue weighted by molar-refractivity contribution is 7.13. The van der Waals surface area contributed by atoms with Gasteiger partial charge in [0.1, 0.15) is 0 Å². The van der Waals surface area contributed by atoms with Crippen molar-refractivity contribution >= 4 is 23.3 Å². The minimum Gasteiger partial charge on any atom is -0.477 e. The van der Waals surface area contributed by atoms with Gasteiger partial charge in [0.2, 0.25) is 5.95 Å². The van der Waals surface area contributed by atoms with E-state index >= 15 is 0 Å². The second kappa shape index (κ2) is 5.81. The zero-order chi connectivity index (χ0) is 14.8. The maximum Gasteiger partial charge on any atom is 0.354 e. The van der Waals surface area contributed by atoms with Crippen LogP contribution in [0.5, 0.6) is 0 Å². The molecule has 21 heavy (non-hydrogen) atoms. The molecule has 2 aromatic heterocycles. The van der Waals surface area contributed by atoms with Gasteiger partial charge in [-0.1, -0.05) is 13.0 Å². The standard InChI is InChI=1S/C15H17N3O2S/c1-10-4-6-18(7-5-10)15-16-11(13-3-2-8-21-13)9-12(17-15)14(19)20/h2-3,8-10H,4-7H2,1H3,(H,19,20). The smallest absolute Gasteiger partial charge is 0.354 e.